The zero-order chi connectivity index (χ0) is 15.8. The molecular weight excluding hydrogens is 296 g/mol. The molecule has 8 heteroatoms. The van der Waals surface area contributed by atoms with Gasteiger partial charge in [0.1, 0.15) is 0 Å². The van der Waals surface area contributed by atoms with Crippen molar-refractivity contribution in [2.24, 2.45) is 0 Å². The molecule has 1 aromatic carbocycles. The number of hydrogen-bond donors (Lipinski definition) is 3. The second-order valence-electron chi connectivity index (χ2n) is 5.39. The predicted molar refractivity (Wildman–Crippen MR) is 84.2 cm³/mol. The Morgan fingerprint density at radius 1 is 1.22 bits per heavy atom. The van der Waals surface area contributed by atoms with Gasteiger partial charge in [-0.05, 0) is 42.5 Å². The number of aryl methyl sites for hydroxylation is 2. The SMILES string of the molecule is O=C(O)Nc1nnc2c(Nc3ccc4c(c3)CCC4)nccn12. The third kappa shape index (κ3) is 2.44. The van der Waals surface area contributed by atoms with Gasteiger partial charge in [-0.2, -0.15) is 0 Å². The summed E-state index contributed by atoms with van der Waals surface area (Å²) in [6.45, 7) is 0. The lowest BCUT2D eigenvalue weighted by atomic mass is 10.1. The van der Waals surface area contributed by atoms with Gasteiger partial charge in [0, 0.05) is 18.1 Å². The number of carbonyl (C=O) groups is 1. The summed E-state index contributed by atoms with van der Waals surface area (Å²) < 4.78 is 1.54. The van der Waals surface area contributed by atoms with Crippen LogP contribution in [0.2, 0.25) is 0 Å². The van der Waals surface area contributed by atoms with Gasteiger partial charge < -0.3 is 10.4 Å². The van der Waals surface area contributed by atoms with Crippen molar-refractivity contribution in [2.45, 2.75) is 19.3 Å². The van der Waals surface area contributed by atoms with E-state index in [1.165, 1.54) is 21.9 Å². The number of anilines is 3. The van der Waals surface area contributed by atoms with Gasteiger partial charge >= 0.3 is 6.09 Å². The summed E-state index contributed by atoms with van der Waals surface area (Å²) in [5, 5.41) is 22.1. The van der Waals surface area contributed by atoms with Gasteiger partial charge in [-0.15, -0.1) is 10.2 Å². The molecule has 8 nitrogen and oxygen atoms in total. The first-order valence-corrected chi connectivity index (χ1v) is 7.29. The minimum absolute atomic E-state index is 0.131. The zero-order valence-electron chi connectivity index (χ0n) is 12.2. The standard InChI is InChI=1S/C15H14N6O2/c22-15(23)18-14-20-19-13-12(16-6-7-21(13)14)17-11-5-4-9-2-1-3-10(9)8-11/h4-8H,1-3H2,(H,16,17)(H,18,20)(H,22,23). The minimum atomic E-state index is -1.19. The maximum absolute atomic E-state index is 10.8. The number of rotatable bonds is 3. The quantitative estimate of drug-likeness (QED) is 0.686. The van der Waals surface area contributed by atoms with Crippen molar-refractivity contribution in [1.29, 1.82) is 0 Å². The van der Waals surface area contributed by atoms with Crippen LogP contribution in [0.3, 0.4) is 0 Å². The van der Waals surface area contributed by atoms with E-state index in [0.717, 1.165) is 18.5 Å². The maximum Gasteiger partial charge on any atom is 0.411 e. The average Bonchev–Trinajstić information content (AvgIpc) is 3.14. The number of hydrogen-bond acceptors (Lipinski definition) is 5. The molecule has 2 heterocycles. The summed E-state index contributed by atoms with van der Waals surface area (Å²) in [7, 11) is 0. The lowest BCUT2D eigenvalue weighted by Crippen LogP contribution is -2.10. The van der Waals surface area contributed by atoms with Crippen LogP contribution in [0.25, 0.3) is 5.65 Å². The Kier molecular flexibility index (Phi) is 3.07. The molecule has 0 saturated carbocycles. The highest BCUT2D eigenvalue weighted by molar-refractivity contribution is 5.81. The second-order valence-corrected chi connectivity index (χ2v) is 5.39. The van der Waals surface area contributed by atoms with Crippen molar-refractivity contribution in [3.63, 3.8) is 0 Å². The monoisotopic (exact) mass is 310 g/mol. The van der Waals surface area contributed by atoms with Crippen LogP contribution in [0.5, 0.6) is 0 Å². The fourth-order valence-electron chi connectivity index (χ4n) is 2.88. The molecule has 3 N–H and O–H groups in total. The van der Waals surface area contributed by atoms with Gasteiger partial charge in [0.15, 0.2) is 5.82 Å². The van der Waals surface area contributed by atoms with E-state index in [-0.39, 0.29) is 5.95 Å². The number of nitrogens with one attached hydrogen (secondary N) is 2. The summed E-state index contributed by atoms with van der Waals surface area (Å²) >= 11 is 0. The Morgan fingerprint density at radius 3 is 2.96 bits per heavy atom. The number of amides is 1. The molecule has 0 radical (unpaired) electrons. The van der Waals surface area contributed by atoms with Crippen LogP contribution < -0.4 is 10.6 Å². The summed E-state index contributed by atoms with van der Waals surface area (Å²) in [5.74, 6) is 0.656. The van der Waals surface area contributed by atoms with Gasteiger partial charge in [-0.3, -0.25) is 9.72 Å². The van der Waals surface area contributed by atoms with E-state index in [4.69, 9.17) is 5.11 Å². The van der Waals surface area contributed by atoms with Crippen molar-refractivity contribution in [1.82, 2.24) is 19.6 Å². The molecular formula is C15H14N6O2. The normalized spacial score (nSPS) is 13.0. The van der Waals surface area contributed by atoms with E-state index in [2.05, 4.69) is 37.9 Å². The molecule has 2 aromatic heterocycles. The Morgan fingerprint density at radius 2 is 2.09 bits per heavy atom. The highest BCUT2D eigenvalue weighted by Gasteiger charge is 2.14. The molecule has 1 aliphatic carbocycles. The van der Waals surface area contributed by atoms with Crippen LogP contribution in [0.4, 0.5) is 22.2 Å². The molecule has 0 aliphatic heterocycles. The molecule has 0 fully saturated rings. The van der Waals surface area contributed by atoms with E-state index in [1.54, 1.807) is 12.4 Å². The topological polar surface area (TPSA) is 104 Å². The summed E-state index contributed by atoms with van der Waals surface area (Å²) in [6.07, 6.45) is 5.41. The van der Waals surface area contributed by atoms with Gasteiger partial charge in [-0.25, -0.2) is 9.78 Å². The molecule has 3 aromatic rings. The fraction of sp³-hybridized carbons (Fsp3) is 0.200. The largest absolute Gasteiger partial charge is 0.465 e. The minimum Gasteiger partial charge on any atom is -0.465 e. The summed E-state index contributed by atoms with van der Waals surface area (Å²) in [5.41, 5.74) is 4.15. The van der Waals surface area contributed by atoms with E-state index in [9.17, 15) is 4.79 Å². The Balaban J connectivity index is 1.69. The molecule has 1 aliphatic rings. The van der Waals surface area contributed by atoms with E-state index in [1.807, 2.05) is 6.07 Å². The first-order chi connectivity index (χ1) is 11.2. The van der Waals surface area contributed by atoms with Crippen LogP contribution >= 0.6 is 0 Å². The second kappa shape index (κ2) is 5.24. The maximum atomic E-state index is 10.8. The molecule has 116 valence electrons. The average molecular weight is 310 g/mol. The number of nitrogens with zero attached hydrogens (tertiary/aromatic N) is 4. The molecule has 0 bridgehead atoms. The number of carboxylic acid groups (broad SMARTS) is 1. The summed E-state index contributed by atoms with van der Waals surface area (Å²) in [4.78, 5) is 15.0. The van der Waals surface area contributed by atoms with Gasteiger partial charge in [0.25, 0.3) is 0 Å². The Hall–Kier alpha value is -3.16. The number of fused-ring (bicyclic) bond motifs is 2. The van der Waals surface area contributed by atoms with Crippen LogP contribution in [0.1, 0.15) is 17.5 Å². The molecule has 0 atom stereocenters. The predicted octanol–water partition coefficient (Wildman–Crippen LogP) is 2.45. The first kappa shape index (κ1) is 13.5. The van der Waals surface area contributed by atoms with Crippen molar-refractivity contribution in [3.8, 4) is 0 Å². The van der Waals surface area contributed by atoms with Crippen LogP contribution in [-0.4, -0.2) is 30.8 Å². The molecule has 0 saturated heterocycles. The molecule has 0 spiro atoms. The van der Waals surface area contributed by atoms with Crippen molar-refractivity contribution in [3.05, 3.63) is 41.7 Å². The van der Waals surface area contributed by atoms with E-state index < -0.39 is 6.09 Å². The zero-order valence-corrected chi connectivity index (χ0v) is 12.2. The molecule has 0 unspecified atom stereocenters. The van der Waals surface area contributed by atoms with Gasteiger partial charge in [0.05, 0.1) is 0 Å². The van der Waals surface area contributed by atoms with Crippen LogP contribution in [0, 0.1) is 0 Å². The van der Waals surface area contributed by atoms with Crippen LogP contribution in [0.15, 0.2) is 30.6 Å². The lowest BCUT2D eigenvalue weighted by Gasteiger charge is -2.08. The van der Waals surface area contributed by atoms with Gasteiger partial charge in [0.2, 0.25) is 11.6 Å². The Labute approximate surface area is 131 Å². The number of aromatic nitrogens is 4. The number of benzene rings is 1. The van der Waals surface area contributed by atoms with Crippen molar-refractivity contribution < 1.29 is 9.90 Å². The molecule has 4 rings (SSSR count). The molecule has 1 amide bonds. The van der Waals surface area contributed by atoms with E-state index >= 15 is 0 Å². The first-order valence-electron chi connectivity index (χ1n) is 7.29. The van der Waals surface area contributed by atoms with Crippen LogP contribution in [-0.2, 0) is 12.8 Å². The highest BCUT2D eigenvalue weighted by atomic mass is 16.4. The summed E-state index contributed by atoms with van der Waals surface area (Å²) in [6, 6.07) is 6.27. The third-order valence-electron chi connectivity index (χ3n) is 3.91. The smallest absolute Gasteiger partial charge is 0.411 e. The third-order valence-corrected chi connectivity index (χ3v) is 3.91. The van der Waals surface area contributed by atoms with Crippen molar-refractivity contribution in [2.75, 3.05) is 10.6 Å². The lowest BCUT2D eigenvalue weighted by molar-refractivity contribution is 0.209. The van der Waals surface area contributed by atoms with E-state index in [0.29, 0.717) is 11.5 Å². The molecule has 23 heavy (non-hydrogen) atoms. The van der Waals surface area contributed by atoms with Gasteiger partial charge in [-0.1, -0.05) is 6.07 Å². The Bertz CT molecular complexity index is 904. The fourth-order valence-corrected chi connectivity index (χ4v) is 2.88. The van der Waals surface area contributed by atoms with Crippen molar-refractivity contribution >= 4 is 29.2 Å². The highest BCUT2D eigenvalue weighted by Crippen LogP contribution is 2.27.